The summed E-state index contributed by atoms with van der Waals surface area (Å²) in [5.41, 5.74) is 8.54. The van der Waals surface area contributed by atoms with Crippen LogP contribution in [0.15, 0.2) is 24.3 Å². The third kappa shape index (κ3) is 2.54. The molecule has 0 saturated carbocycles. The number of fused-ring (bicyclic) bond motifs is 1. The fourth-order valence-electron chi connectivity index (χ4n) is 2.21. The molecule has 0 aliphatic heterocycles. The molecule has 2 rings (SSSR count). The number of carboxylic acid groups (broad SMARTS) is 1. The van der Waals surface area contributed by atoms with E-state index in [0.29, 0.717) is 5.92 Å². The lowest BCUT2D eigenvalue weighted by molar-refractivity contribution is -0.139. The van der Waals surface area contributed by atoms with Gasteiger partial charge >= 0.3 is 5.97 Å². The topological polar surface area (TPSA) is 63.3 Å². The van der Waals surface area contributed by atoms with E-state index in [9.17, 15) is 4.79 Å². The van der Waals surface area contributed by atoms with Crippen LogP contribution in [-0.2, 0) is 11.2 Å². The predicted octanol–water partition coefficient (Wildman–Crippen LogP) is 2.25. The van der Waals surface area contributed by atoms with Crippen LogP contribution in [0.1, 0.15) is 30.9 Å². The zero-order chi connectivity index (χ0) is 13.3. The molecule has 1 aromatic carbocycles. The molecule has 0 saturated heterocycles. The SMILES string of the molecule is CC(C)(SCC1Cc2ccccc21)[C@@H](N)C(=O)O. The summed E-state index contributed by atoms with van der Waals surface area (Å²) in [4.78, 5) is 10.9. The number of hydrogen-bond acceptors (Lipinski definition) is 3. The first-order chi connectivity index (χ1) is 8.42. The highest BCUT2D eigenvalue weighted by Crippen LogP contribution is 2.40. The number of benzene rings is 1. The number of aliphatic carboxylic acids is 1. The van der Waals surface area contributed by atoms with Crippen LogP contribution >= 0.6 is 11.8 Å². The molecule has 0 amide bonds. The molecule has 4 heteroatoms. The highest BCUT2D eigenvalue weighted by molar-refractivity contribution is 8.00. The molecular weight excluding hydrogens is 246 g/mol. The number of hydrogen-bond donors (Lipinski definition) is 2. The molecule has 98 valence electrons. The van der Waals surface area contributed by atoms with E-state index in [4.69, 9.17) is 10.8 Å². The maximum atomic E-state index is 10.9. The Bertz CT molecular complexity index is 459. The molecular formula is C14H19NO2S. The van der Waals surface area contributed by atoms with E-state index in [-0.39, 0.29) is 0 Å². The van der Waals surface area contributed by atoms with Crippen molar-refractivity contribution in [3.8, 4) is 0 Å². The second-order valence-electron chi connectivity index (χ2n) is 5.33. The van der Waals surface area contributed by atoms with Crippen molar-refractivity contribution in [2.45, 2.75) is 37.0 Å². The van der Waals surface area contributed by atoms with Gasteiger partial charge in [-0.2, -0.15) is 11.8 Å². The van der Waals surface area contributed by atoms with Gasteiger partial charge in [0.2, 0.25) is 0 Å². The van der Waals surface area contributed by atoms with E-state index in [2.05, 4.69) is 24.3 Å². The van der Waals surface area contributed by atoms with Gasteiger partial charge in [0.25, 0.3) is 0 Å². The van der Waals surface area contributed by atoms with E-state index in [1.807, 2.05) is 13.8 Å². The summed E-state index contributed by atoms with van der Waals surface area (Å²) in [5.74, 6) is 0.554. The van der Waals surface area contributed by atoms with Crippen LogP contribution in [0.5, 0.6) is 0 Å². The fraction of sp³-hybridized carbons (Fsp3) is 0.500. The van der Waals surface area contributed by atoms with Crippen molar-refractivity contribution in [1.82, 2.24) is 0 Å². The smallest absolute Gasteiger partial charge is 0.321 e. The standard InChI is InChI=1S/C14H19NO2S/c1-14(2,12(15)13(16)17)18-8-10-7-9-5-3-4-6-11(9)10/h3-6,10,12H,7-8,15H2,1-2H3,(H,16,17)/t10?,12-/m0/s1. The zero-order valence-electron chi connectivity index (χ0n) is 10.7. The average Bonchev–Trinajstić information content (AvgIpc) is 2.29. The third-order valence-electron chi connectivity index (χ3n) is 3.63. The number of carboxylic acids is 1. The monoisotopic (exact) mass is 265 g/mol. The van der Waals surface area contributed by atoms with E-state index >= 15 is 0 Å². The van der Waals surface area contributed by atoms with E-state index < -0.39 is 16.8 Å². The Labute approximate surface area is 112 Å². The molecule has 3 N–H and O–H groups in total. The first-order valence-electron chi connectivity index (χ1n) is 6.12. The Morgan fingerprint density at radius 3 is 2.83 bits per heavy atom. The molecule has 1 aromatic rings. The summed E-state index contributed by atoms with van der Waals surface area (Å²) >= 11 is 1.66. The van der Waals surface area contributed by atoms with Crippen molar-refractivity contribution < 1.29 is 9.90 Å². The molecule has 0 radical (unpaired) electrons. The van der Waals surface area contributed by atoms with Gasteiger partial charge in [-0.25, -0.2) is 0 Å². The van der Waals surface area contributed by atoms with Gasteiger partial charge in [0, 0.05) is 10.5 Å². The molecule has 2 atom stereocenters. The second-order valence-corrected chi connectivity index (χ2v) is 7.00. The van der Waals surface area contributed by atoms with Crippen LogP contribution in [0.2, 0.25) is 0 Å². The van der Waals surface area contributed by atoms with Crippen LogP contribution in [0.25, 0.3) is 0 Å². The Kier molecular flexibility index (Phi) is 3.69. The van der Waals surface area contributed by atoms with Gasteiger partial charge in [0.15, 0.2) is 0 Å². The molecule has 0 bridgehead atoms. The minimum absolute atomic E-state index is 0.434. The number of rotatable bonds is 5. The summed E-state index contributed by atoms with van der Waals surface area (Å²) < 4.78 is -0.434. The fourth-order valence-corrected chi connectivity index (χ4v) is 3.42. The van der Waals surface area contributed by atoms with Gasteiger partial charge < -0.3 is 10.8 Å². The van der Waals surface area contributed by atoms with Crippen LogP contribution in [0.4, 0.5) is 0 Å². The van der Waals surface area contributed by atoms with Gasteiger partial charge in [-0.1, -0.05) is 24.3 Å². The summed E-state index contributed by atoms with van der Waals surface area (Å²) in [5, 5.41) is 8.97. The van der Waals surface area contributed by atoms with E-state index in [1.54, 1.807) is 11.8 Å². The lowest BCUT2D eigenvalue weighted by atomic mass is 9.79. The van der Waals surface area contributed by atoms with Gasteiger partial charge in [0.05, 0.1) is 0 Å². The summed E-state index contributed by atoms with van der Waals surface area (Å²) in [7, 11) is 0. The summed E-state index contributed by atoms with van der Waals surface area (Å²) in [6, 6.07) is 7.62. The van der Waals surface area contributed by atoms with Gasteiger partial charge in [0.1, 0.15) is 6.04 Å². The van der Waals surface area contributed by atoms with Crippen LogP contribution < -0.4 is 5.73 Å². The number of carbonyl (C=O) groups is 1. The molecule has 0 spiro atoms. The Hall–Kier alpha value is -1.00. The van der Waals surface area contributed by atoms with Crippen molar-refractivity contribution >= 4 is 17.7 Å². The largest absolute Gasteiger partial charge is 0.480 e. The van der Waals surface area contributed by atoms with Gasteiger partial charge in [-0.05, 0) is 37.3 Å². The lowest BCUT2D eigenvalue weighted by Gasteiger charge is -2.34. The molecule has 18 heavy (non-hydrogen) atoms. The minimum Gasteiger partial charge on any atom is -0.480 e. The van der Waals surface area contributed by atoms with Crippen molar-refractivity contribution in [3.05, 3.63) is 35.4 Å². The first-order valence-corrected chi connectivity index (χ1v) is 7.10. The zero-order valence-corrected chi connectivity index (χ0v) is 11.5. The number of thioether (sulfide) groups is 1. The van der Waals surface area contributed by atoms with Crippen molar-refractivity contribution in [1.29, 1.82) is 0 Å². The summed E-state index contributed by atoms with van der Waals surface area (Å²) in [6.45, 7) is 3.81. The molecule has 0 fully saturated rings. The van der Waals surface area contributed by atoms with Crippen molar-refractivity contribution in [2.75, 3.05) is 5.75 Å². The van der Waals surface area contributed by atoms with Gasteiger partial charge in [-0.3, -0.25) is 4.79 Å². The second kappa shape index (κ2) is 4.94. The molecule has 0 aromatic heterocycles. The lowest BCUT2D eigenvalue weighted by Crippen LogP contribution is -2.47. The quantitative estimate of drug-likeness (QED) is 0.857. The van der Waals surface area contributed by atoms with Gasteiger partial charge in [-0.15, -0.1) is 0 Å². The number of nitrogens with two attached hydrogens (primary N) is 1. The molecule has 1 aliphatic carbocycles. The molecule has 3 nitrogen and oxygen atoms in total. The minimum atomic E-state index is -0.929. The van der Waals surface area contributed by atoms with Crippen LogP contribution in [0.3, 0.4) is 0 Å². The van der Waals surface area contributed by atoms with Crippen LogP contribution in [-0.4, -0.2) is 27.6 Å². The Balaban J connectivity index is 1.92. The molecule has 1 aliphatic rings. The van der Waals surface area contributed by atoms with E-state index in [0.717, 1.165) is 12.2 Å². The van der Waals surface area contributed by atoms with Crippen molar-refractivity contribution in [3.63, 3.8) is 0 Å². The molecule has 0 heterocycles. The summed E-state index contributed by atoms with van der Waals surface area (Å²) in [6.07, 6.45) is 1.10. The average molecular weight is 265 g/mol. The highest BCUT2D eigenvalue weighted by atomic mass is 32.2. The Morgan fingerprint density at radius 2 is 2.22 bits per heavy atom. The highest BCUT2D eigenvalue weighted by Gasteiger charge is 2.35. The normalized spacial score (nSPS) is 19.8. The Morgan fingerprint density at radius 1 is 1.56 bits per heavy atom. The maximum Gasteiger partial charge on any atom is 0.321 e. The van der Waals surface area contributed by atoms with Crippen molar-refractivity contribution in [2.24, 2.45) is 5.73 Å². The third-order valence-corrected chi connectivity index (χ3v) is 5.20. The maximum absolute atomic E-state index is 10.9. The van der Waals surface area contributed by atoms with Crippen LogP contribution in [0, 0.1) is 0 Å². The first kappa shape index (κ1) is 13.4. The molecule has 1 unspecified atom stereocenters. The predicted molar refractivity (Wildman–Crippen MR) is 75.0 cm³/mol. The van der Waals surface area contributed by atoms with E-state index in [1.165, 1.54) is 11.1 Å².